The summed E-state index contributed by atoms with van der Waals surface area (Å²) in [5.74, 6) is 1.55. The van der Waals surface area contributed by atoms with E-state index in [4.69, 9.17) is 21.1 Å². The van der Waals surface area contributed by atoms with Crippen molar-refractivity contribution in [2.75, 3.05) is 6.61 Å². The molecule has 0 saturated carbocycles. The van der Waals surface area contributed by atoms with Gasteiger partial charge in [0.25, 0.3) is 0 Å². The summed E-state index contributed by atoms with van der Waals surface area (Å²) in [7, 11) is 0. The summed E-state index contributed by atoms with van der Waals surface area (Å²) >= 11 is 6.19. The first kappa shape index (κ1) is 14.0. The summed E-state index contributed by atoms with van der Waals surface area (Å²) < 4.78 is 12.8. The van der Waals surface area contributed by atoms with E-state index in [0.29, 0.717) is 40.1 Å². The van der Waals surface area contributed by atoms with Crippen LogP contribution in [0.25, 0.3) is 16.9 Å². The molecule has 23 heavy (non-hydrogen) atoms. The summed E-state index contributed by atoms with van der Waals surface area (Å²) in [6.45, 7) is 4.44. The molecular formula is C15H12ClN5O2. The molecular weight excluding hydrogens is 318 g/mol. The van der Waals surface area contributed by atoms with Gasteiger partial charge in [-0.15, -0.1) is 0 Å². The summed E-state index contributed by atoms with van der Waals surface area (Å²) in [4.78, 5) is 12.7. The van der Waals surface area contributed by atoms with E-state index in [1.165, 1.54) is 6.33 Å². The molecule has 4 rings (SSSR count). The van der Waals surface area contributed by atoms with Crippen molar-refractivity contribution in [3.8, 4) is 11.7 Å². The zero-order valence-corrected chi connectivity index (χ0v) is 12.8. The van der Waals surface area contributed by atoms with Crippen LogP contribution in [0, 0.1) is 0 Å². The van der Waals surface area contributed by atoms with E-state index < -0.39 is 0 Å². The molecule has 0 radical (unpaired) electrons. The van der Waals surface area contributed by atoms with Gasteiger partial charge in [-0.05, 0) is 12.1 Å². The van der Waals surface area contributed by atoms with E-state index in [1.807, 2.05) is 0 Å². The fourth-order valence-corrected chi connectivity index (χ4v) is 2.62. The van der Waals surface area contributed by atoms with E-state index in [2.05, 4.69) is 26.6 Å². The molecule has 0 aliphatic carbocycles. The molecule has 0 amide bonds. The van der Waals surface area contributed by atoms with Crippen LogP contribution in [0.4, 0.5) is 0 Å². The molecule has 1 saturated heterocycles. The van der Waals surface area contributed by atoms with Crippen molar-refractivity contribution < 1.29 is 9.47 Å². The topological polar surface area (TPSA) is 75.0 Å². The number of ether oxygens (including phenoxy) is 2. The maximum atomic E-state index is 6.19. The lowest BCUT2D eigenvalue weighted by atomic mass is 10.3. The van der Waals surface area contributed by atoms with E-state index in [1.54, 1.807) is 29.2 Å². The highest BCUT2D eigenvalue weighted by Gasteiger charge is 2.25. The second-order valence-electron chi connectivity index (χ2n) is 4.99. The fraction of sp³-hybridized carbons (Fsp3) is 0.200. The van der Waals surface area contributed by atoms with Gasteiger partial charge in [0.15, 0.2) is 17.6 Å². The molecule has 1 aliphatic rings. The van der Waals surface area contributed by atoms with Crippen molar-refractivity contribution >= 4 is 22.6 Å². The van der Waals surface area contributed by atoms with Crippen LogP contribution in [0.2, 0.25) is 5.02 Å². The minimum atomic E-state index is -0.213. The number of hydrogen-bond acceptors (Lipinski definition) is 6. The Balaban J connectivity index is 1.78. The second kappa shape index (κ2) is 5.51. The summed E-state index contributed by atoms with van der Waals surface area (Å²) in [5.41, 5.74) is 0.570. The Morgan fingerprint density at radius 3 is 3.04 bits per heavy atom. The van der Waals surface area contributed by atoms with Crippen molar-refractivity contribution in [2.45, 2.75) is 12.5 Å². The van der Waals surface area contributed by atoms with Crippen LogP contribution in [-0.4, -0.2) is 37.4 Å². The van der Waals surface area contributed by atoms with Crippen molar-refractivity contribution in [1.29, 1.82) is 0 Å². The molecule has 1 aliphatic heterocycles. The van der Waals surface area contributed by atoms with Gasteiger partial charge < -0.3 is 9.47 Å². The molecule has 0 spiro atoms. The van der Waals surface area contributed by atoms with Gasteiger partial charge in [0.2, 0.25) is 5.88 Å². The van der Waals surface area contributed by atoms with Crippen LogP contribution in [0.15, 0.2) is 43.2 Å². The van der Waals surface area contributed by atoms with Gasteiger partial charge in [-0.1, -0.05) is 18.2 Å². The summed E-state index contributed by atoms with van der Waals surface area (Å²) in [5, 5.41) is 5.47. The minimum absolute atomic E-state index is 0.213. The number of hydrogen-bond donors (Lipinski definition) is 0. The lowest BCUT2D eigenvalue weighted by Gasteiger charge is -2.12. The van der Waals surface area contributed by atoms with E-state index in [9.17, 15) is 0 Å². The molecule has 116 valence electrons. The Morgan fingerprint density at radius 2 is 2.26 bits per heavy atom. The number of aromatic nitrogens is 5. The first-order valence-corrected chi connectivity index (χ1v) is 7.39. The molecule has 8 heteroatoms. The monoisotopic (exact) mass is 329 g/mol. The molecule has 1 fully saturated rings. The van der Waals surface area contributed by atoms with E-state index >= 15 is 0 Å². The van der Waals surface area contributed by atoms with E-state index in [-0.39, 0.29) is 6.10 Å². The van der Waals surface area contributed by atoms with Crippen molar-refractivity contribution in [3.05, 3.63) is 48.2 Å². The predicted molar refractivity (Wildman–Crippen MR) is 83.6 cm³/mol. The van der Waals surface area contributed by atoms with Gasteiger partial charge in [-0.3, -0.25) is 0 Å². The zero-order valence-electron chi connectivity index (χ0n) is 12.0. The van der Waals surface area contributed by atoms with Crippen LogP contribution in [0.3, 0.4) is 0 Å². The Hall–Kier alpha value is -2.67. The van der Waals surface area contributed by atoms with Crippen LogP contribution in [0.5, 0.6) is 5.88 Å². The number of fused-ring (bicyclic) bond motifs is 1. The average molecular weight is 330 g/mol. The van der Waals surface area contributed by atoms with Gasteiger partial charge in [0, 0.05) is 12.6 Å². The number of nitrogens with zero attached hydrogens (tertiary/aromatic N) is 5. The Morgan fingerprint density at radius 1 is 1.35 bits per heavy atom. The number of rotatable bonds is 3. The third-order valence-corrected chi connectivity index (χ3v) is 3.84. The Labute approximate surface area is 136 Å². The molecule has 3 aromatic heterocycles. The van der Waals surface area contributed by atoms with Crippen LogP contribution in [0.1, 0.15) is 6.42 Å². The molecule has 0 bridgehead atoms. The van der Waals surface area contributed by atoms with Crippen LogP contribution in [-0.2, 0) is 4.74 Å². The van der Waals surface area contributed by atoms with Gasteiger partial charge in [0.05, 0.1) is 17.8 Å². The molecule has 0 N–H and O–H groups in total. The highest BCUT2D eigenvalue weighted by Crippen LogP contribution is 2.28. The SMILES string of the molecule is C=C1OCC[C@@H]1Oc1ncnc2c1cnn2-c1ncccc1Cl. The molecule has 1 atom stereocenters. The van der Waals surface area contributed by atoms with E-state index in [0.717, 1.165) is 6.42 Å². The van der Waals surface area contributed by atoms with Crippen molar-refractivity contribution in [3.63, 3.8) is 0 Å². The predicted octanol–water partition coefficient (Wildman–Crippen LogP) is 2.55. The standard InChI is InChI=1S/C15H12ClN5O2/c1-9-12(4-6-22-9)23-15-10-7-20-21(13(10)18-8-19-15)14-11(16)3-2-5-17-14/h2-3,5,7-8,12H,1,4,6H2/t12-/m0/s1. The first-order valence-electron chi connectivity index (χ1n) is 7.02. The highest BCUT2D eigenvalue weighted by molar-refractivity contribution is 6.32. The lowest BCUT2D eigenvalue weighted by molar-refractivity contribution is 0.208. The Kier molecular flexibility index (Phi) is 3.34. The van der Waals surface area contributed by atoms with Gasteiger partial charge in [-0.2, -0.15) is 9.78 Å². The summed E-state index contributed by atoms with van der Waals surface area (Å²) in [6, 6.07) is 3.50. The molecule has 0 aromatic carbocycles. The zero-order chi connectivity index (χ0) is 15.8. The number of pyridine rings is 1. The molecule has 7 nitrogen and oxygen atoms in total. The Bertz CT molecular complexity index is 894. The van der Waals surface area contributed by atoms with Crippen LogP contribution >= 0.6 is 11.6 Å². The quantitative estimate of drug-likeness (QED) is 0.735. The highest BCUT2D eigenvalue weighted by atomic mass is 35.5. The second-order valence-corrected chi connectivity index (χ2v) is 5.40. The molecule has 4 heterocycles. The normalized spacial score (nSPS) is 17.4. The molecule has 3 aromatic rings. The van der Waals surface area contributed by atoms with Gasteiger partial charge in [0.1, 0.15) is 17.5 Å². The van der Waals surface area contributed by atoms with Crippen molar-refractivity contribution in [2.24, 2.45) is 0 Å². The van der Waals surface area contributed by atoms with Gasteiger partial charge >= 0.3 is 0 Å². The lowest BCUT2D eigenvalue weighted by Crippen LogP contribution is -2.14. The van der Waals surface area contributed by atoms with Gasteiger partial charge in [-0.25, -0.2) is 15.0 Å². The smallest absolute Gasteiger partial charge is 0.228 e. The maximum Gasteiger partial charge on any atom is 0.228 e. The maximum absolute atomic E-state index is 6.19. The van der Waals surface area contributed by atoms with Crippen molar-refractivity contribution in [1.82, 2.24) is 24.7 Å². The van der Waals surface area contributed by atoms with Crippen LogP contribution < -0.4 is 4.74 Å². The third-order valence-electron chi connectivity index (χ3n) is 3.55. The molecule has 0 unspecified atom stereocenters. The fourth-order valence-electron chi connectivity index (χ4n) is 2.42. The number of halogens is 1. The first-order chi connectivity index (χ1) is 11.2. The minimum Gasteiger partial charge on any atom is -0.494 e. The largest absolute Gasteiger partial charge is 0.494 e. The third kappa shape index (κ3) is 2.39. The average Bonchev–Trinajstić information content (AvgIpc) is 3.15. The summed E-state index contributed by atoms with van der Waals surface area (Å²) in [6.07, 6.45) is 5.23.